The molecule has 0 saturated heterocycles. The van der Waals surface area contributed by atoms with Gasteiger partial charge in [-0.05, 0) is 61.8 Å². The lowest BCUT2D eigenvalue weighted by molar-refractivity contribution is 0.317. The van der Waals surface area contributed by atoms with E-state index in [0.717, 1.165) is 17.7 Å². The normalized spacial score (nSPS) is 26.2. The Bertz CT molecular complexity index is 410. The standard InChI is InChI=1S/C19H31NS/c1-5-12-20-18-11-6-15(4)13-19(18)21-17-9-7-16(8-10-17)14(2)3/h7-10,14-15,18-20H,5-6,11-13H2,1-4H3. The van der Waals surface area contributed by atoms with E-state index in [-0.39, 0.29) is 0 Å². The summed E-state index contributed by atoms with van der Waals surface area (Å²) in [7, 11) is 0. The van der Waals surface area contributed by atoms with Crippen molar-refractivity contribution in [2.24, 2.45) is 5.92 Å². The first-order chi connectivity index (χ1) is 10.1. The van der Waals surface area contributed by atoms with Gasteiger partial charge in [-0.25, -0.2) is 0 Å². The highest BCUT2D eigenvalue weighted by atomic mass is 32.2. The minimum absolute atomic E-state index is 0.623. The zero-order chi connectivity index (χ0) is 15.2. The topological polar surface area (TPSA) is 12.0 Å². The summed E-state index contributed by atoms with van der Waals surface area (Å²) < 4.78 is 0. The summed E-state index contributed by atoms with van der Waals surface area (Å²) in [6.45, 7) is 10.3. The van der Waals surface area contributed by atoms with E-state index < -0.39 is 0 Å². The van der Waals surface area contributed by atoms with Crippen molar-refractivity contribution in [3.8, 4) is 0 Å². The third-order valence-corrected chi connectivity index (χ3v) is 5.91. The molecule has 1 fully saturated rings. The van der Waals surface area contributed by atoms with Gasteiger partial charge in [-0.1, -0.05) is 39.8 Å². The van der Waals surface area contributed by atoms with E-state index in [1.165, 1.54) is 36.1 Å². The van der Waals surface area contributed by atoms with Gasteiger partial charge in [-0.2, -0.15) is 0 Å². The van der Waals surface area contributed by atoms with E-state index in [1.807, 2.05) is 0 Å². The molecule has 21 heavy (non-hydrogen) atoms. The SMILES string of the molecule is CCCNC1CCC(C)CC1Sc1ccc(C(C)C)cc1. The van der Waals surface area contributed by atoms with Crippen molar-refractivity contribution >= 4 is 11.8 Å². The summed E-state index contributed by atoms with van der Waals surface area (Å²) in [6, 6.07) is 9.92. The Balaban J connectivity index is 1.99. The van der Waals surface area contributed by atoms with Crippen LogP contribution >= 0.6 is 11.8 Å². The molecule has 1 nitrogen and oxygen atoms in total. The van der Waals surface area contributed by atoms with E-state index in [1.54, 1.807) is 0 Å². The van der Waals surface area contributed by atoms with Crippen LogP contribution in [0.2, 0.25) is 0 Å². The van der Waals surface area contributed by atoms with Gasteiger partial charge < -0.3 is 5.32 Å². The summed E-state index contributed by atoms with van der Waals surface area (Å²) in [4.78, 5) is 1.43. The molecule has 0 amide bonds. The zero-order valence-electron chi connectivity index (χ0n) is 14.1. The third kappa shape index (κ3) is 5.03. The first-order valence-electron chi connectivity index (χ1n) is 8.60. The van der Waals surface area contributed by atoms with Gasteiger partial charge in [0, 0.05) is 16.2 Å². The van der Waals surface area contributed by atoms with Crippen molar-refractivity contribution in [2.45, 2.75) is 75.5 Å². The quantitative estimate of drug-likeness (QED) is 0.749. The second-order valence-electron chi connectivity index (χ2n) is 6.86. The van der Waals surface area contributed by atoms with Crippen molar-refractivity contribution in [3.05, 3.63) is 29.8 Å². The van der Waals surface area contributed by atoms with Crippen LogP contribution in [0.4, 0.5) is 0 Å². The Morgan fingerprint density at radius 1 is 1.19 bits per heavy atom. The van der Waals surface area contributed by atoms with Crippen molar-refractivity contribution in [2.75, 3.05) is 6.54 Å². The van der Waals surface area contributed by atoms with Crippen LogP contribution in [0.15, 0.2) is 29.2 Å². The van der Waals surface area contributed by atoms with E-state index in [9.17, 15) is 0 Å². The molecule has 3 atom stereocenters. The summed E-state index contributed by atoms with van der Waals surface area (Å²) in [5.41, 5.74) is 1.44. The first kappa shape index (κ1) is 16.9. The highest BCUT2D eigenvalue weighted by molar-refractivity contribution is 8.00. The van der Waals surface area contributed by atoms with Gasteiger partial charge in [-0.3, -0.25) is 0 Å². The predicted octanol–water partition coefficient (Wildman–Crippen LogP) is 5.46. The Hall–Kier alpha value is -0.470. The second-order valence-corrected chi connectivity index (χ2v) is 8.17. The highest BCUT2D eigenvalue weighted by Gasteiger charge is 2.28. The fourth-order valence-corrected chi connectivity index (χ4v) is 4.59. The fraction of sp³-hybridized carbons (Fsp3) is 0.684. The third-order valence-electron chi connectivity index (χ3n) is 4.54. The molecule has 0 radical (unpaired) electrons. The molecule has 1 aliphatic carbocycles. The molecule has 0 spiro atoms. The molecular weight excluding hydrogens is 274 g/mol. The van der Waals surface area contributed by atoms with Crippen LogP contribution in [0.5, 0.6) is 0 Å². The summed E-state index contributed by atoms with van der Waals surface area (Å²) in [5, 5.41) is 4.50. The Morgan fingerprint density at radius 3 is 2.52 bits per heavy atom. The maximum atomic E-state index is 3.77. The average Bonchev–Trinajstić information content (AvgIpc) is 2.47. The molecule has 0 bridgehead atoms. The second kappa shape index (κ2) is 8.24. The van der Waals surface area contributed by atoms with E-state index in [4.69, 9.17) is 0 Å². The van der Waals surface area contributed by atoms with Crippen molar-refractivity contribution in [1.29, 1.82) is 0 Å². The predicted molar refractivity (Wildman–Crippen MR) is 95.3 cm³/mol. The lowest BCUT2D eigenvalue weighted by Gasteiger charge is -2.35. The number of rotatable bonds is 6. The molecular formula is C19H31NS. The van der Waals surface area contributed by atoms with Gasteiger partial charge in [0.15, 0.2) is 0 Å². The summed E-state index contributed by atoms with van der Waals surface area (Å²) in [5.74, 6) is 1.50. The van der Waals surface area contributed by atoms with E-state index >= 15 is 0 Å². The van der Waals surface area contributed by atoms with E-state index in [2.05, 4.69) is 69.0 Å². The largest absolute Gasteiger partial charge is 0.313 e. The van der Waals surface area contributed by atoms with Gasteiger partial charge >= 0.3 is 0 Å². The molecule has 3 unspecified atom stereocenters. The van der Waals surface area contributed by atoms with Gasteiger partial charge in [-0.15, -0.1) is 11.8 Å². The van der Waals surface area contributed by atoms with Crippen molar-refractivity contribution in [3.63, 3.8) is 0 Å². The van der Waals surface area contributed by atoms with E-state index in [0.29, 0.717) is 12.0 Å². The number of benzene rings is 1. The molecule has 1 N–H and O–H groups in total. The maximum absolute atomic E-state index is 3.77. The monoisotopic (exact) mass is 305 g/mol. The number of hydrogen-bond acceptors (Lipinski definition) is 2. The van der Waals surface area contributed by atoms with Crippen LogP contribution in [0.1, 0.15) is 64.9 Å². The van der Waals surface area contributed by atoms with Gasteiger partial charge in [0.1, 0.15) is 0 Å². The Morgan fingerprint density at radius 2 is 1.90 bits per heavy atom. The van der Waals surface area contributed by atoms with Gasteiger partial charge in [0.05, 0.1) is 0 Å². The molecule has 118 valence electrons. The van der Waals surface area contributed by atoms with Crippen LogP contribution in [0.3, 0.4) is 0 Å². The van der Waals surface area contributed by atoms with Gasteiger partial charge in [0.2, 0.25) is 0 Å². The van der Waals surface area contributed by atoms with Crippen LogP contribution in [-0.2, 0) is 0 Å². The molecule has 0 aliphatic heterocycles. The lowest BCUT2D eigenvalue weighted by atomic mass is 9.87. The van der Waals surface area contributed by atoms with Crippen LogP contribution < -0.4 is 5.32 Å². The smallest absolute Gasteiger partial charge is 0.0250 e. The van der Waals surface area contributed by atoms with Crippen molar-refractivity contribution in [1.82, 2.24) is 5.32 Å². The minimum atomic E-state index is 0.623. The molecule has 1 aromatic rings. The zero-order valence-corrected chi connectivity index (χ0v) is 14.9. The molecule has 0 heterocycles. The van der Waals surface area contributed by atoms with Gasteiger partial charge in [0.25, 0.3) is 0 Å². The average molecular weight is 306 g/mol. The molecule has 1 saturated carbocycles. The highest BCUT2D eigenvalue weighted by Crippen LogP contribution is 2.36. The lowest BCUT2D eigenvalue weighted by Crippen LogP contribution is -2.42. The molecule has 1 aromatic carbocycles. The first-order valence-corrected chi connectivity index (χ1v) is 9.48. The summed E-state index contributed by atoms with van der Waals surface area (Å²) in [6.07, 6.45) is 5.29. The van der Waals surface area contributed by atoms with Crippen molar-refractivity contribution < 1.29 is 0 Å². The van der Waals surface area contributed by atoms with Crippen LogP contribution in [0.25, 0.3) is 0 Å². The Labute approximate surface area is 135 Å². The number of thioether (sulfide) groups is 1. The molecule has 1 aliphatic rings. The molecule has 2 heteroatoms. The molecule has 2 rings (SSSR count). The van der Waals surface area contributed by atoms with Crippen LogP contribution in [0, 0.1) is 5.92 Å². The fourth-order valence-electron chi connectivity index (χ4n) is 3.13. The number of hydrogen-bond donors (Lipinski definition) is 1. The minimum Gasteiger partial charge on any atom is -0.313 e. The molecule has 0 aromatic heterocycles. The summed E-state index contributed by atoms with van der Waals surface area (Å²) >= 11 is 2.08. The maximum Gasteiger partial charge on any atom is 0.0250 e. The Kier molecular flexibility index (Phi) is 6.63. The number of nitrogens with one attached hydrogen (secondary N) is 1. The van der Waals surface area contributed by atoms with Crippen LogP contribution in [-0.4, -0.2) is 17.8 Å².